The van der Waals surface area contributed by atoms with E-state index in [9.17, 15) is 5.11 Å². The van der Waals surface area contributed by atoms with Crippen LogP contribution in [0.25, 0.3) is 0 Å². The summed E-state index contributed by atoms with van der Waals surface area (Å²) in [6.45, 7) is 3.95. The fourth-order valence-electron chi connectivity index (χ4n) is 0.908. The first-order chi connectivity index (χ1) is 4.79. The van der Waals surface area contributed by atoms with Crippen molar-refractivity contribution in [2.75, 3.05) is 0 Å². The Morgan fingerprint density at radius 3 is 2.40 bits per heavy atom. The average Bonchev–Trinajstić information content (AvgIpc) is 2.30. The second kappa shape index (κ2) is 2.73. The van der Waals surface area contributed by atoms with Crippen LogP contribution in [0.2, 0.25) is 0 Å². The van der Waals surface area contributed by atoms with Crippen LogP contribution in [0.15, 0.2) is 0 Å². The van der Waals surface area contributed by atoms with Crippen molar-refractivity contribution in [1.29, 1.82) is 0 Å². The first-order valence-electron chi connectivity index (χ1n) is 3.54. The molecule has 1 aromatic heterocycles. The molecule has 0 fully saturated rings. The molecule has 0 atom stereocenters. The van der Waals surface area contributed by atoms with Crippen molar-refractivity contribution in [1.82, 2.24) is 10.2 Å². The van der Waals surface area contributed by atoms with E-state index in [4.69, 9.17) is 0 Å². The number of nitrogens with one attached hydrogen (secondary N) is 1. The molecule has 1 aromatic rings. The standard InChI is InChI=1S/C7H12N2O/c1-3-5-7(10)6(4-2)9-8-5/h10H,3-4H2,1-2H3,(H,8,9). The van der Waals surface area contributed by atoms with E-state index in [0.29, 0.717) is 5.75 Å². The number of hydrogen-bond acceptors (Lipinski definition) is 2. The number of H-pyrrole nitrogens is 1. The number of rotatable bonds is 2. The van der Waals surface area contributed by atoms with Gasteiger partial charge in [0.05, 0.1) is 5.69 Å². The third-order valence-electron chi connectivity index (χ3n) is 1.57. The van der Waals surface area contributed by atoms with Gasteiger partial charge in [0, 0.05) is 0 Å². The molecule has 56 valence electrons. The van der Waals surface area contributed by atoms with Crippen LogP contribution in [0.1, 0.15) is 25.2 Å². The van der Waals surface area contributed by atoms with E-state index in [1.165, 1.54) is 0 Å². The zero-order chi connectivity index (χ0) is 7.56. The highest BCUT2D eigenvalue weighted by Gasteiger charge is 2.06. The number of aromatic hydroxyl groups is 1. The third kappa shape index (κ3) is 0.988. The van der Waals surface area contributed by atoms with E-state index in [1.807, 2.05) is 13.8 Å². The van der Waals surface area contributed by atoms with Gasteiger partial charge in [-0.15, -0.1) is 0 Å². The number of aryl methyl sites for hydroxylation is 2. The van der Waals surface area contributed by atoms with Crippen molar-refractivity contribution in [3.8, 4) is 5.75 Å². The number of hydrogen-bond donors (Lipinski definition) is 2. The highest BCUT2D eigenvalue weighted by Crippen LogP contribution is 2.19. The van der Waals surface area contributed by atoms with Crippen molar-refractivity contribution in [2.45, 2.75) is 26.7 Å². The van der Waals surface area contributed by atoms with E-state index in [2.05, 4.69) is 10.2 Å². The normalized spacial score (nSPS) is 10.2. The Morgan fingerprint density at radius 2 is 2.10 bits per heavy atom. The highest BCUT2D eigenvalue weighted by atomic mass is 16.3. The summed E-state index contributed by atoms with van der Waals surface area (Å²) in [4.78, 5) is 0. The summed E-state index contributed by atoms with van der Waals surface area (Å²) >= 11 is 0. The Labute approximate surface area is 60.1 Å². The molecule has 1 rings (SSSR count). The maximum Gasteiger partial charge on any atom is 0.159 e. The van der Waals surface area contributed by atoms with E-state index in [0.717, 1.165) is 24.2 Å². The van der Waals surface area contributed by atoms with Gasteiger partial charge in [-0.25, -0.2) is 0 Å². The topological polar surface area (TPSA) is 48.9 Å². The van der Waals surface area contributed by atoms with Crippen LogP contribution in [0.5, 0.6) is 5.75 Å². The lowest BCUT2D eigenvalue weighted by Crippen LogP contribution is -1.78. The third-order valence-corrected chi connectivity index (χ3v) is 1.57. The molecule has 0 saturated heterocycles. The lowest BCUT2D eigenvalue weighted by atomic mass is 10.2. The molecule has 3 nitrogen and oxygen atoms in total. The molecule has 0 bridgehead atoms. The molecule has 0 aliphatic heterocycles. The molecule has 0 saturated carbocycles. The van der Waals surface area contributed by atoms with E-state index < -0.39 is 0 Å². The highest BCUT2D eigenvalue weighted by molar-refractivity contribution is 5.30. The molecule has 2 N–H and O–H groups in total. The lowest BCUT2D eigenvalue weighted by Gasteiger charge is -1.90. The van der Waals surface area contributed by atoms with E-state index in [-0.39, 0.29) is 0 Å². The van der Waals surface area contributed by atoms with Crippen LogP contribution in [-0.2, 0) is 12.8 Å². The molecule has 0 spiro atoms. The molecule has 0 amide bonds. The molecule has 3 heteroatoms. The van der Waals surface area contributed by atoms with Crippen LogP contribution in [0, 0.1) is 0 Å². The summed E-state index contributed by atoms with van der Waals surface area (Å²) in [6, 6.07) is 0. The Balaban J connectivity index is 2.97. The maximum absolute atomic E-state index is 9.34. The summed E-state index contributed by atoms with van der Waals surface area (Å²) in [6.07, 6.45) is 1.58. The average molecular weight is 140 g/mol. The van der Waals surface area contributed by atoms with Gasteiger partial charge in [-0.1, -0.05) is 13.8 Å². The van der Waals surface area contributed by atoms with E-state index >= 15 is 0 Å². The Hall–Kier alpha value is -0.990. The first kappa shape index (κ1) is 7.12. The molecule has 0 aromatic carbocycles. The molecular weight excluding hydrogens is 128 g/mol. The van der Waals surface area contributed by atoms with Gasteiger partial charge in [0.2, 0.25) is 0 Å². The minimum absolute atomic E-state index is 0.338. The van der Waals surface area contributed by atoms with Gasteiger partial charge in [-0.2, -0.15) is 5.10 Å². The molecule has 1 heterocycles. The van der Waals surface area contributed by atoms with Crippen LogP contribution >= 0.6 is 0 Å². The Morgan fingerprint density at radius 1 is 1.40 bits per heavy atom. The summed E-state index contributed by atoms with van der Waals surface area (Å²) in [5.74, 6) is 0.338. The fourth-order valence-corrected chi connectivity index (χ4v) is 0.908. The van der Waals surface area contributed by atoms with Crippen molar-refractivity contribution < 1.29 is 5.11 Å². The minimum atomic E-state index is 0.338. The molecule has 0 aliphatic carbocycles. The molecule has 0 aliphatic rings. The molecule has 0 radical (unpaired) electrons. The summed E-state index contributed by atoms with van der Waals surface area (Å²) in [7, 11) is 0. The predicted octanol–water partition coefficient (Wildman–Crippen LogP) is 1.24. The van der Waals surface area contributed by atoms with Crippen LogP contribution < -0.4 is 0 Å². The zero-order valence-corrected chi connectivity index (χ0v) is 6.31. The van der Waals surface area contributed by atoms with Crippen molar-refractivity contribution in [3.05, 3.63) is 11.4 Å². The lowest BCUT2D eigenvalue weighted by molar-refractivity contribution is 0.463. The van der Waals surface area contributed by atoms with Crippen LogP contribution in [0.4, 0.5) is 0 Å². The minimum Gasteiger partial charge on any atom is -0.504 e. The van der Waals surface area contributed by atoms with Crippen molar-refractivity contribution in [3.63, 3.8) is 0 Å². The van der Waals surface area contributed by atoms with Gasteiger partial charge in [0.1, 0.15) is 5.69 Å². The number of nitrogens with zero attached hydrogens (tertiary/aromatic N) is 1. The predicted molar refractivity (Wildman–Crippen MR) is 39.0 cm³/mol. The van der Waals surface area contributed by atoms with Gasteiger partial charge in [-0.3, -0.25) is 5.10 Å². The molecule has 0 unspecified atom stereocenters. The van der Waals surface area contributed by atoms with Crippen molar-refractivity contribution in [2.24, 2.45) is 0 Å². The SMILES string of the molecule is CCc1n[nH]c(CC)c1O. The fraction of sp³-hybridized carbons (Fsp3) is 0.571. The largest absolute Gasteiger partial charge is 0.504 e. The van der Waals surface area contributed by atoms with Crippen LogP contribution in [0.3, 0.4) is 0 Å². The van der Waals surface area contributed by atoms with Gasteiger partial charge in [-0.05, 0) is 12.8 Å². The van der Waals surface area contributed by atoms with Gasteiger partial charge < -0.3 is 5.11 Å². The van der Waals surface area contributed by atoms with Gasteiger partial charge >= 0.3 is 0 Å². The maximum atomic E-state index is 9.34. The van der Waals surface area contributed by atoms with E-state index in [1.54, 1.807) is 0 Å². The number of aromatic amines is 1. The summed E-state index contributed by atoms with van der Waals surface area (Å²) < 4.78 is 0. The smallest absolute Gasteiger partial charge is 0.159 e. The van der Waals surface area contributed by atoms with Gasteiger partial charge in [0.25, 0.3) is 0 Å². The second-order valence-corrected chi connectivity index (χ2v) is 2.20. The van der Waals surface area contributed by atoms with Gasteiger partial charge in [0.15, 0.2) is 5.75 Å². The first-order valence-corrected chi connectivity index (χ1v) is 3.54. The van der Waals surface area contributed by atoms with Crippen molar-refractivity contribution >= 4 is 0 Å². The molecular formula is C7H12N2O. The Bertz CT molecular complexity index is 196. The molecule has 10 heavy (non-hydrogen) atoms. The Kier molecular flexibility index (Phi) is 1.94. The monoisotopic (exact) mass is 140 g/mol. The van der Waals surface area contributed by atoms with Crippen LogP contribution in [-0.4, -0.2) is 15.3 Å². The second-order valence-electron chi connectivity index (χ2n) is 2.20. The summed E-state index contributed by atoms with van der Waals surface area (Å²) in [5.41, 5.74) is 1.59. The summed E-state index contributed by atoms with van der Waals surface area (Å²) in [5, 5.41) is 16.0. The quantitative estimate of drug-likeness (QED) is 0.649. The zero-order valence-electron chi connectivity index (χ0n) is 6.31. The number of aromatic nitrogens is 2.